The summed E-state index contributed by atoms with van der Waals surface area (Å²) in [4.78, 5) is 28.6. The van der Waals surface area contributed by atoms with Crippen LogP contribution in [0.25, 0.3) is 0 Å². The molecular weight excluding hydrogens is 368 g/mol. The second kappa shape index (κ2) is 6.45. The Hall–Kier alpha value is -1.67. The Bertz CT molecular complexity index is 591. The third kappa shape index (κ3) is 4.42. The molecular formula is C15H19BrN2O5. The van der Waals surface area contributed by atoms with Crippen LogP contribution in [0.3, 0.4) is 0 Å². The Balaban J connectivity index is 2.11. The van der Waals surface area contributed by atoms with Gasteiger partial charge in [0.2, 0.25) is 0 Å². The third-order valence-electron chi connectivity index (χ3n) is 3.21. The topological polar surface area (TPSA) is 89.0 Å². The number of amides is 1. The minimum atomic E-state index is -1.07. The van der Waals surface area contributed by atoms with Gasteiger partial charge in [-0.2, -0.15) is 0 Å². The number of carbonyl (C=O) groups is 2. The summed E-state index contributed by atoms with van der Waals surface area (Å²) in [7, 11) is 0. The molecule has 0 saturated carbocycles. The van der Waals surface area contributed by atoms with Gasteiger partial charge in [-0.3, -0.25) is 4.98 Å². The molecule has 1 aromatic heterocycles. The molecule has 0 radical (unpaired) electrons. The SMILES string of the molecule is CC(C)(C)OC(=O)N1CC(OCC(=O)O)(c2ccc(Br)cn2)C1. The average molecular weight is 387 g/mol. The predicted molar refractivity (Wildman–Crippen MR) is 85.0 cm³/mol. The maximum absolute atomic E-state index is 12.1. The van der Waals surface area contributed by atoms with Crippen molar-refractivity contribution >= 4 is 28.0 Å². The number of ether oxygens (including phenoxy) is 2. The van der Waals surface area contributed by atoms with Gasteiger partial charge in [0.05, 0.1) is 18.8 Å². The number of carboxylic acid groups (broad SMARTS) is 1. The molecule has 1 N–H and O–H groups in total. The summed E-state index contributed by atoms with van der Waals surface area (Å²) in [5, 5.41) is 8.86. The molecule has 23 heavy (non-hydrogen) atoms. The van der Waals surface area contributed by atoms with E-state index in [1.807, 2.05) is 0 Å². The van der Waals surface area contributed by atoms with Gasteiger partial charge in [0, 0.05) is 10.7 Å². The van der Waals surface area contributed by atoms with Crippen LogP contribution < -0.4 is 0 Å². The van der Waals surface area contributed by atoms with E-state index in [9.17, 15) is 9.59 Å². The Morgan fingerprint density at radius 1 is 1.39 bits per heavy atom. The lowest BCUT2D eigenvalue weighted by Gasteiger charge is -2.48. The first-order valence-electron chi connectivity index (χ1n) is 7.07. The molecule has 2 heterocycles. The van der Waals surface area contributed by atoms with Gasteiger partial charge in [0.1, 0.15) is 17.8 Å². The van der Waals surface area contributed by atoms with Gasteiger partial charge in [-0.1, -0.05) is 0 Å². The summed E-state index contributed by atoms with van der Waals surface area (Å²) in [5.41, 5.74) is -0.926. The van der Waals surface area contributed by atoms with Crippen LogP contribution in [0.1, 0.15) is 26.5 Å². The minimum Gasteiger partial charge on any atom is -0.480 e. The van der Waals surface area contributed by atoms with E-state index in [1.54, 1.807) is 39.1 Å². The Kier molecular flexibility index (Phi) is 4.95. The molecule has 0 aliphatic carbocycles. The highest BCUT2D eigenvalue weighted by atomic mass is 79.9. The van der Waals surface area contributed by atoms with Crippen molar-refractivity contribution in [1.82, 2.24) is 9.88 Å². The number of halogens is 1. The van der Waals surface area contributed by atoms with Crippen LogP contribution in [0, 0.1) is 0 Å². The zero-order valence-electron chi connectivity index (χ0n) is 13.2. The number of aromatic nitrogens is 1. The highest BCUT2D eigenvalue weighted by Gasteiger charge is 2.50. The van der Waals surface area contributed by atoms with Crippen molar-refractivity contribution in [3.05, 3.63) is 28.5 Å². The van der Waals surface area contributed by atoms with E-state index in [-0.39, 0.29) is 13.1 Å². The Morgan fingerprint density at radius 3 is 2.52 bits per heavy atom. The zero-order chi connectivity index (χ0) is 17.3. The number of aliphatic carboxylic acids is 1. The van der Waals surface area contributed by atoms with Crippen LogP contribution >= 0.6 is 15.9 Å². The van der Waals surface area contributed by atoms with E-state index in [2.05, 4.69) is 20.9 Å². The summed E-state index contributed by atoms with van der Waals surface area (Å²) < 4.78 is 11.6. The van der Waals surface area contributed by atoms with E-state index in [1.165, 1.54) is 4.90 Å². The van der Waals surface area contributed by atoms with Gasteiger partial charge in [0.25, 0.3) is 0 Å². The molecule has 0 spiro atoms. The average Bonchev–Trinajstić information content (AvgIpc) is 2.36. The van der Waals surface area contributed by atoms with Crippen molar-refractivity contribution in [2.45, 2.75) is 32.0 Å². The van der Waals surface area contributed by atoms with Crippen molar-refractivity contribution in [2.24, 2.45) is 0 Å². The molecule has 1 fully saturated rings. The van der Waals surface area contributed by atoms with Crippen LogP contribution in [0.2, 0.25) is 0 Å². The molecule has 0 atom stereocenters. The normalized spacial score (nSPS) is 16.6. The smallest absolute Gasteiger partial charge is 0.410 e. The van der Waals surface area contributed by atoms with E-state index in [4.69, 9.17) is 14.6 Å². The fourth-order valence-electron chi connectivity index (χ4n) is 2.20. The van der Waals surface area contributed by atoms with Crippen LogP contribution in [-0.4, -0.2) is 52.4 Å². The maximum atomic E-state index is 12.1. The van der Waals surface area contributed by atoms with E-state index in [0.29, 0.717) is 5.69 Å². The molecule has 2 rings (SSSR count). The number of hydrogen-bond donors (Lipinski definition) is 1. The fraction of sp³-hybridized carbons (Fsp3) is 0.533. The molecule has 0 bridgehead atoms. The fourth-order valence-corrected chi connectivity index (χ4v) is 2.43. The van der Waals surface area contributed by atoms with Crippen molar-refractivity contribution < 1.29 is 24.2 Å². The lowest BCUT2D eigenvalue weighted by Crippen LogP contribution is -2.63. The zero-order valence-corrected chi connectivity index (χ0v) is 14.8. The van der Waals surface area contributed by atoms with Crippen LogP contribution in [0.5, 0.6) is 0 Å². The van der Waals surface area contributed by atoms with Gasteiger partial charge in [0.15, 0.2) is 0 Å². The predicted octanol–water partition coefficient (Wildman–Crippen LogP) is 2.39. The summed E-state index contributed by atoms with van der Waals surface area (Å²) in [6, 6.07) is 3.54. The minimum absolute atomic E-state index is 0.198. The van der Waals surface area contributed by atoms with Crippen molar-refractivity contribution in [3.8, 4) is 0 Å². The highest BCUT2D eigenvalue weighted by Crippen LogP contribution is 2.36. The van der Waals surface area contributed by atoms with Crippen LogP contribution in [-0.2, 0) is 19.9 Å². The van der Waals surface area contributed by atoms with Gasteiger partial charge < -0.3 is 19.5 Å². The summed E-state index contributed by atoms with van der Waals surface area (Å²) in [5.74, 6) is -1.07. The van der Waals surface area contributed by atoms with Gasteiger partial charge in [-0.15, -0.1) is 0 Å². The third-order valence-corrected chi connectivity index (χ3v) is 3.68. The molecule has 0 unspecified atom stereocenters. The Labute approximate surface area is 142 Å². The first kappa shape index (κ1) is 17.7. The van der Waals surface area contributed by atoms with Crippen LogP contribution in [0.4, 0.5) is 4.79 Å². The number of nitrogens with zero attached hydrogens (tertiary/aromatic N) is 2. The van der Waals surface area contributed by atoms with Crippen LogP contribution in [0.15, 0.2) is 22.8 Å². The van der Waals surface area contributed by atoms with Crippen molar-refractivity contribution in [3.63, 3.8) is 0 Å². The molecule has 1 aromatic rings. The molecule has 1 saturated heterocycles. The number of carboxylic acids is 1. The van der Waals surface area contributed by atoms with Gasteiger partial charge in [-0.25, -0.2) is 9.59 Å². The molecule has 1 aliphatic rings. The highest BCUT2D eigenvalue weighted by molar-refractivity contribution is 9.10. The maximum Gasteiger partial charge on any atom is 0.410 e. The second-order valence-corrected chi connectivity index (χ2v) is 7.29. The van der Waals surface area contributed by atoms with E-state index in [0.717, 1.165) is 4.47 Å². The standard InChI is InChI=1S/C15H19BrN2O5/c1-14(2,3)23-13(21)18-8-15(9-18,22-7-12(19)20)11-5-4-10(16)6-17-11/h4-6H,7-9H2,1-3H3,(H,19,20). The first-order valence-corrected chi connectivity index (χ1v) is 7.86. The molecule has 0 aromatic carbocycles. The molecule has 7 nitrogen and oxygen atoms in total. The summed E-state index contributed by atoms with van der Waals surface area (Å²) >= 11 is 3.30. The number of likely N-dealkylation sites (tertiary alicyclic amines) is 1. The molecule has 126 valence electrons. The quantitative estimate of drug-likeness (QED) is 0.854. The lowest BCUT2D eigenvalue weighted by atomic mass is 9.90. The van der Waals surface area contributed by atoms with Gasteiger partial charge >= 0.3 is 12.1 Å². The molecule has 1 amide bonds. The van der Waals surface area contributed by atoms with Gasteiger partial charge in [-0.05, 0) is 48.8 Å². The molecule has 8 heteroatoms. The lowest BCUT2D eigenvalue weighted by molar-refractivity contribution is -0.171. The van der Waals surface area contributed by atoms with E-state index < -0.39 is 29.9 Å². The number of carbonyl (C=O) groups excluding carboxylic acids is 1. The second-order valence-electron chi connectivity index (χ2n) is 6.37. The summed E-state index contributed by atoms with van der Waals surface area (Å²) in [6.45, 7) is 5.30. The van der Waals surface area contributed by atoms with E-state index >= 15 is 0 Å². The number of pyridine rings is 1. The monoisotopic (exact) mass is 386 g/mol. The Morgan fingerprint density at radius 2 is 2.04 bits per heavy atom. The largest absolute Gasteiger partial charge is 0.480 e. The van der Waals surface area contributed by atoms with Crippen molar-refractivity contribution in [2.75, 3.05) is 19.7 Å². The summed E-state index contributed by atoms with van der Waals surface area (Å²) in [6.07, 6.45) is 1.15. The molecule has 1 aliphatic heterocycles. The first-order chi connectivity index (χ1) is 10.6. The van der Waals surface area contributed by atoms with Crippen molar-refractivity contribution in [1.29, 1.82) is 0 Å². The number of rotatable bonds is 4. The number of hydrogen-bond acceptors (Lipinski definition) is 5.